The van der Waals surface area contributed by atoms with Crippen LogP contribution in [0.15, 0.2) is 72.8 Å². The normalized spacial score (nSPS) is 15.4. The second kappa shape index (κ2) is 8.87. The lowest BCUT2D eigenvalue weighted by Gasteiger charge is -2.23. The summed E-state index contributed by atoms with van der Waals surface area (Å²) in [7, 11) is 0. The number of hydrogen-bond donors (Lipinski definition) is 1. The zero-order valence-corrected chi connectivity index (χ0v) is 15.5. The number of amides is 1. The fourth-order valence-corrected chi connectivity index (χ4v) is 3.36. The summed E-state index contributed by atoms with van der Waals surface area (Å²) in [5.41, 5.74) is 2.04. The molecular weight excluding hydrogens is 354 g/mol. The Morgan fingerprint density at radius 1 is 0.929 bits per heavy atom. The van der Waals surface area contributed by atoms with Gasteiger partial charge >= 0.3 is 6.09 Å². The van der Waals surface area contributed by atoms with Crippen molar-refractivity contribution in [2.75, 3.05) is 13.2 Å². The molecule has 0 saturated carbocycles. The van der Waals surface area contributed by atoms with Gasteiger partial charge in [-0.3, -0.25) is 0 Å². The van der Waals surface area contributed by atoms with Gasteiger partial charge in [-0.25, -0.2) is 4.79 Å². The number of ether oxygens (including phenoxy) is 3. The minimum absolute atomic E-state index is 0.224. The van der Waals surface area contributed by atoms with Crippen LogP contribution in [-0.2, 0) is 27.2 Å². The van der Waals surface area contributed by atoms with Crippen LogP contribution in [-0.4, -0.2) is 31.6 Å². The molecule has 0 aromatic heterocycles. The van der Waals surface area contributed by atoms with Gasteiger partial charge in [-0.05, 0) is 28.3 Å². The molecule has 0 spiro atoms. The Hall–Kier alpha value is -2.89. The lowest BCUT2D eigenvalue weighted by Crippen LogP contribution is -2.45. The van der Waals surface area contributed by atoms with E-state index in [1.165, 1.54) is 10.8 Å². The number of alkyl carbamates (subject to hydrolysis) is 1. The summed E-state index contributed by atoms with van der Waals surface area (Å²) in [5, 5.41) is 5.27. The highest BCUT2D eigenvalue weighted by molar-refractivity contribution is 5.83. The van der Waals surface area contributed by atoms with E-state index in [-0.39, 0.29) is 12.6 Å². The first-order valence-electron chi connectivity index (χ1n) is 9.46. The van der Waals surface area contributed by atoms with Crippen LogP contribution in [0.25, 0.3) is 10.8 Å². The third kappa shape index (κ3) is 4.68. The number of fused-ring (bicyclic) bond motifs is 1. The molecule has 3 aromatic rings. The van der Waals surface area contributed by atoms with Gasteiger partial charge in [0.15, 0.2) is 6.29 Å². The summed E-state index contributed by atoms with van der Waals surface area (Å²) >= 11 is 0. The van der Waals surface area contributed by atoms with Crippen LogP contribution in [0.3, 0.4) is 0 Å². The van der Waals surface area contributed by atoms with Gasteiger partial charge in [0.05, 0.1) is 19.3 Å². The highest BCUT2D eigenvalue weighted by atomic mass is 16.7. The van der Waals surface area contributed by atoms with Crippen molar-refractivity contribution in [1.82, 2.24) is 5.32 Å². The molecule has 5 nitrogen and oxygen atoms in total. The van der Waals surface area contributed by atoms with Gasteiger partial charge in [-0.15, -0.1) is 0 Å². The van der Waals surface area contributed by atoms with Crippen molar-refractivity contribution in [3.05, 3.63) is 83.9 Å². The number of rotatable bonds is 6. The average Bonchev–Trinajstić information content (AvgIpc) is 3.27. The van der Waals surface area contributed by atoms with Crippen LogP contribution in [0.5, 0.6) is 0 Å². The first kappa shape index (κ1) is 18.5. The van der Waals surface area contributed by atoms with E-state index in [1.54, 1.807) is 0 Å². The van der Waals surface area contributed by atoms with Gasteiger partial charge in [0.2, 0.25) is 0 Å². The fraction of sp³-hybridized carbons (Fsp3) is 0.261. The molecule has 1 N–H and O–H groups in total. The monoisotopic (exact) mass is 377 g/mol. The van der Waals surface area contributed by atoms with Crippen LogP contribution in [0.1, 0.15) is 11.1 Å². The highest BCUT2D eigenvalue weighted by Gasteiger charge is 2.29. The van der Waals surface area contributed by atoms with Crippen LogP contribution < -0.4 is 5.32 Å². The molecule has 0 unspecified atom stereocenters. The molecule has 5 heteroatoms. The average molecular weight is 377 g/mol. The highest BCUT2D eigenvalue weighted by Crippen LogP contribution is 2.19. The third-order valence-corrected chi connectivity index (χ3v) is 4.76. The lowest BCUT2D eigenvalue weighted by atomic mass is 10.0. The maximum absolute atomic E-state index is 12.3. The van der Waals surface area contributed by atoms with Gasteiger partial charge in [-0.2, -0.15) is 0 Å². The topological polar surface area (TPSA) is 56.8 Å². The maximum Gasteiger partial charge on any atom is 0.407 e. The lowest BCUT2D eigenvalue weighted by molar-refractivity contribution is -0.0664. The molecule has 3 aromatic carbocycles. The quantitative estimate of drug-likeness (QED) is 0.704. The Labute approximate surface area is 164 Å². The van der Waals surface area contributed by atoms with Crippen molar-refractivity contribution in [3.63, 3.8) is 0 Å². The third-order valence-electron chi connectivity index (χ3n) is 4.76. The van der Waals surface area contributed by atoms with E-state index in [0.29, 0.717) is 19.6 Å². The number of nitrogens with one attached hydrogen (secondary N) is 1. The molecule has 28 heavy (non-hydrogen) atoms. The van der Waals surface area contributed by atoms with E-state index in [2.05, 4.69) is 35.6 Å². The van der Waals surface area contributed by atoms with E-state index < -0.39 is 12.4 Å². The Morgan fingerprint density at radius 2 is 1.64 bits per heavy atom. The van der Waals surface area contributed by atoms with Crippen LogP contribution >= 0.6 is 0 Å². The summed E-state index contributed by atoms with van der Waals surface area (Å²) in [6, 6.07) is 23.8. The summed E-state index contributed by atoms with van der Waals surface area (Å²) < 4.78 is 16.7. The largest absolute Gasteiger partial charge is 0.445 e. The molecule has 1 heterocycles. The van der Waals surface area contributed by atoms with Crippen LogP contribution in [0.4, 0.5) is 4.79 Å². The van der Waals surface area contributed by atoms with Gasteiger partial charge in [0.1, 0.15) is 6.61 Å². The molecule has 1 saturated heterocycles. The molecular formula is C23H23NO4. The van der Waals surface area contributed by atoms with Crippen molar-refractivity contribution in [2.24, 2.45) is 0 Å². The Kier molecular flexibility index (Phi) is 5.85. The summed E-state index contributed by atoms with van der Waals surface area (Å²) in [6.07, 6.45) is -0.361. The molecule has 1 atom stereocenters. The van der Waals surface area contributed by atoms with Crippen LogP contribution in [0, 0.1) is 0 Å². The predicted molar refractivity (Wildman–Crippen MR) is 107 cm³/mol. The van der Waals surface area contributed by atoms with Gasteiger partial charge in [-0.1, -0.05) is 72.8 Å². The van der Waals surface area contributed by atoms with Crippen molar-refractivity contribution < 1.29 is 19.0 Å². The number of hydrogen-bond acceptors (Lipinski definition) is 4. The fourth-order valence-electron chi connectivity index (χ4n) is 3.36. The first-order chi connectivity index (χ1) is 13.8. The van der Waals surface area contributed by atoms with Crippen LogP contribution in [0.2, 0.25) is 0 Å². The summed E-state index contributed by atoms with van der Waals surface area (Å²) in [4.78, 5) is 12.3. The Morgan fingerprint density at radius 3 is 2.43 bits per heavy atom. The maximum atomic E-state index is 12.3. The number of benzene rings is 3. The SMILES string of the molecule is O=C(N[C@@H](Cc1ccc2ccccc2c1)C1OCCO1)OCc1ccccc1. The molecule has 1 aliphatic rings. The molecule has 0 aliphatic carbocycles. The molecule has 4 rings (SSSR count). The predicted octanol–water partition coefficient (Wildman–Crippen LogP) is 4.05. The Balaban J connectivity index is 1.43. The minimum atomic E-state index is -0.478. The molecule has 0 radical (unpaired) electrons. The van der Waals surface area contributed by atoms with Crippen molar-refractivity contribution in [2.45, 2.75) is 25.4 Å². The molecule has 1 aliphatic heterocycles. The standard InChI is InChI=1S/C23H23NO4/c25-23(28-16-17-6-2-1-3-7-17)24-21(22-26-12-13-27-22)15-18-10-11-19-8-4-5-9-20(19)14-18/h1-11,14,21-22H,12-13,15-16H2,(H,24,25)/t21-/m0/s1. The van der Waals surface area contributed by atoms with Crippen molar-refractivity contribution in [3.8, 4) is 0 Å². The summed E-state index contributed by atoms with van der Waals surface area (Å²) in [5.74, 6) is 0. The second-order valence-corrected chi connectivity index (χ2v) is 6.81. The molecule has 144 valence electrons. The summed E-state index contributed by atoms with van der Waals surface area (Å²) in [6.45, 7) is 1.28. The Bertz CT molecular complexity index is 922. The van der Waals surface area contributed by atoms with E-state index >= 15 is 0 Å². The van der Waals surface area contributed by atoms with E-state index in [4.69, 9.17) is 14.2 Å². The van der Waals surface area contributed by atoms with Gasteiger partial charge in [0.25, 0.3) is 0 Å². The minimum Gasteiger partial charge on any atom is -0.445 e. The molecule has 1 fully saturated rings. The van der Waals surface area contributed by atoms with E-state index in [1.807, 2.05) is 42.5 Å². The van der Waals surface area contributed by atoms with Gasteiger partial charge in [0, 0.05) is 0 Å². The van der Waals surface area contributed by atoms with Gasteiger partial charge < -0.3 is 19.5 Å². The number of carbonyl (C=O) groups is 1. The van der Waals surface area contributed by atoms with Crippen molar-refractivity contribution in [1.29, 1.82) is 0 Å². The van der Waals surface area contributed by atoms with Crippen molar-refractivity contribution >= 4 is 16.9 Å². The second-order valence-electron chi connectivity index (χ2n) is 6.81. The number of carbonyl (C=O) groups excluding carboxylic acids is 1. The zero-order valence-electron chi connectivity index (χ0n) is 15.5. The van der Waals surface area contributed by atoms with E-state index in [9.17, 15) is 4.79 Å². The molecule has 0 bridgehead atoms. The first-order valence-corrected chi connectivity index (χ1v) is 9.46. The zero-order chi connectivity index (χ0) is 19.2. The van der Waals surface area contributed by atoms with E-state index in [0.717, 1.165) is 11.1 Å². The smallest absolute Gasteiger partial charge is 0.407 e. The molecule has 1 amide bonds.